The lowest BCUT2D eigenvalue weighted by atomic mass is 10.1. The van der Waals surface area contributed by atoms with Crippen molar-refractivity contribution in [2.24, 2.45) is 0 Å². The lowest BCUT2D eigenvalue weighted by molar-refractivity contribution is -0.117. The van der Waals surface area contributed by atoms with E-state index in [1.807, 2.05) is 0 Å². The first kappa shape index (κ1) is 12.8. The van der Waals surface area contributed by atoms with Crippen LogP contribution in [0.15, 0.2) is 24.3 Å². The molecule has 16 heavy (non-hydrogen) atoms. The van der Waals surface area contributed by atoms with E-state index in [2.05, 4.69) is 43.1 Å². The third-order valence-electron chi connectivity index (χ3n) is 2.81. The van der Waals surface area contributed by atoms with Crippen molar-refractivity contribution in [1.82, 2.24) is 0 Å². The van der Waals surface area contributed by atoms with Crippen molar-refractivity contribution >= 4 is 11.5 Å². The monoisotopic (exact) mass is 219 g/mol. The van der Waals surface area contributed by atoms with Gasteiger partial charge in [0.15, 0.2) is 0 Å². The molecule has 0 spiro atoms. The minimum atomic E-state index is 0.273. The Morgan fingerprint density at radius 3 is 2.38 bits per heavy atom. The molecule has 1 aromatic rings. The summed E-state index contributed by atoms with van der Waals surface area (Å²) in [6.07, 6.45) is 2.69. The van der Waals surface area contributed by atoms with E-state index in [1.54, 1.807) is 6.92 Å². The van der Waals surface area contributed by atoms with E-state index in [-0.39, 0.29) is 5.78 Å². The molecule has 1 rings (SSSR count). The van der Waals surface area contributed by atoms with E-state index in [1.165, 1.54) is 11.3 Å². The van der Waals surface area contributed by atoms with Crippen LogP contribution < -0.4 is 4.90 Å². The molecule has 0 unspecified atom stereocenters. The van der Waals surface area contributed by atoms with Gasteiger partial charge in [0.1, 0.15) is 5.78 Å². The van der Waals surface area contributed by atoms with Gasteiger partial charge in [0.25, 0.3) is 0 Å². The van der Waals surface area contributed by atoms with Crippen molar-refractivity contribution in [2.45, 2.75) is 33.1 Å². The Balaban J connectivity index is 2.45. The second kappa shape index (κ2) is 6.31. The molecule has 0 atom stereocenters. The van der Waals surface area contributed by atoms with Gasteiger partial charge in [-0.1, -0.05) is 19.1 Å². The van der Waals surface area contributed by atoms with Gasteiger partial charge in [0, 0.05) is 25.7 Å². The first-order valence-electron chi connectivity index (χ1n) is 5.93. The lowest BCUT2D eigenvalue weighted by Gasteiger charge is -2.19. The Kier molecular flexibility index (Phi) is 5.03. The van der Waals surface area contributed by atoms with Crippen LogP contribution in [0.5, 0.6) is 0 Å². The van der Waals surface area contributed by atoms with Gasteiger partial charge in [-0.25, -0.2) is 0 Å². The third-order valence-corrected chi connectivity index (χ3v) is 2.81. The van der Waals surface area contributed by atoms with E-state index in [9.17, 15) is 4.79 Å². The topological polar surface area (TPSA) is 20.3 Å². The SMILES string of the molecule is CCc1ccc(N(C)CCCC(C)=O)cc1. The first-order chi connectivity index (χ1) is 7.63. The van der Waals surface area contributed by atoms with E-state index in [0.717, 1.165) is 19.4 Å². The summed E-state index contributed by atoms with van der Waals surface area (Å²) in [6.45, 7) is 4.74. The fourth-order valence-corrected chi connectivity index (χ4v) is 1.68. The molecule has 0 aliphatic heterocycles. The molecule has 0 heterocycles. The smallest absolute Gasteiger partial charge is 0.129 e. The van der Waals surface area contributed by atoms with Crippen molar-refractivity contribution in [2.75, 3.05) is 18.5 Å². The average Bonchev–Trinajstić information content (AvgIpc) is 2.28. The molecule has 2 heteroatoms. The van der Waals surface area contributed by atoms with Crippen molar-refractivity contribution < 1.29 is 4.79 Å². The zero-order chi connectivity index (χ0) is 12.0. The highest BCUT2D eigenvalue weighted by Gasteiger charge is 2.01. The Bertz CT molecular complexity index is 329. The fraction of sp³-hybridized carbons (Fsp3) is 0.500. The second-order valence-corrected chi connectivity index (χ2v) is 4.25. The molecular weight excluding hydrogens is 198 g/mol. The highest BCUT2D eigenvalue weighted by atomic mass is 16.1. The number of anilines is 1. The normalized spacial score (nSPS) is 10.2. The number of rotatable bonds is 6. The lowest BCUT2D eigenvalue weighted by Crippen LogP contribution is -2.18. The predicted octanol–water partition coefficient (Wildman–Crippen LogP) is 3.05. The number of benzene rings is 1. The highest BCUT2D eigenvalue weighted by molar-refractivity contribution is 5.75. The molecule has 0 bridgehead atoms. The van der Waals surface area contributed by atoms with Crippen LogP contribution in [0, 0.1) is 0 Å². The maximum Gasteiger partial charge on any atom is 0.129 e. The first-order valence-corrected chi connectivity index (χ1v) is 5.93. The van der Waals surface area contributed by atoms with Gasteiger partial charge in [-0.3, -0.25) is 0 Å². The summed E-state index contributed by atoms with van der Waals surface area (Å²) in [7, 11) is 2.07. The molecule has 88 valence electrons. The van der Waals surface area contributed by atoms with Gasteiger partial charge < -0.3 is 9.69 Å². The number of hydrogen-bond donors (Lipinski definition) is 0. The molecule has 0 saturated carbocycles. The van der Waals surface area contributed by atoms with Gasteiger partial charge in [0.2, 0.25) is 0 Å². The number of nitrogens with zero attached hydrogens (tertiary/aromatic N) is 1. The molecule has 0 aromatic heterocycles. The second-order valence-electron chi connectivity index (χ2n) is 4.25. The molecular formula is C14H21NO. The van der Waals surface area contributed by atoms with Crippen LogP contribution >= 0.6 is 0 Å². The Hall–Kier alpha value is -1.31. The zero-order valence-electron chi connectivity index (χ0n) is 10.5. The van der Waals surface area contributed by atoms with Crippen LogP contribution in [0.2, 0.25) is 0 Å². The van der Waals surface area contributed by atoms with E-state index < -0.39 is 0 Å². The van der Waals surface area contributed by atoms with Gasteiger partial charge in [0.05, 0.1) is 0 Å². The molecule has 2 nitrogen and oxygen atoms in total. The highest BCUT2D eigenvalue weighted by Crippen LogP contribution is 2.14. The molecule has 0 amide bonds. The Morgan fingerprint density at radius 1 is 1.25 bits per heavy atom. The van der Waals surface area contributed by atoms with Crippen molar-refractivity contribution in [3.8, 4) is 0 Å². The molecule has 0 radical (unpaired) electrons. The molecule has 0 saturated heterocycles. The summed E-state index contributed by atoms with van der Waals surface area (Å²) in [5.41, 5.74) is 2.58. The number of Topliss-reactive ketones (excluding diaryl/α,β-unsaturated/α-hetero) is 1. The summed E-state index contributed by atoms with van der Waals surface area (Å²) >= 11 is 0. The molecule has 0 fully saturated rings. The maximum absolute atomic E-state index is 10.8. The fourth-order valence-electron chi connectivity index (χ4n) is 1.68. The van der Waals surface area contributed by atoms with Crippen molar-refractivity contribution in [1.29, 1.82) is 0 Å². The summed E-state index contributed by atoms with van der Waals surface area (Å²) in [5.74, 6) is 0.273. The van der Waals surface area contributed by atoms with Crippen molar-refractivity contribution in [3.63, 3.8) is 0 Å². The van der Waals surface area contributed by atoms with E-state index in [4.69, 9.17) is 0 Å². The van der Waals surface area contributed by atoms with Crippen LogP contribution in [-0.2, 0) is 11.2 Å². The van der Waals surface area contributed by atoms with E-state index in [0.29, 0.717) is 6.42 Å². The van der Waals surface area contributed by atoms with Crippen LogP contribution in [-0.4, -0.2) is 19.4 Å². The van der Waals surface area contributed by atoms with Crippen LogP contribution in [0.1, 0.15) is 32.3 Å². The number of ketones is 1. The van der Waals surface area contributed by atoms with E-state index >= 15 is 0 Å². The number of aryl methyl sites for hydroxylation is 1. The number of carbonyl (C=O) groups is 1. The minimum absolute atomic E-state index is 0.273. The Morgan fingerprint density at radius 2 is 1.88 bits per heavy atom. The maximum atomic E-state index is 10.8. The molecule has 0 N–H and O–H groups in total. The third kappa shape index (κ3) is 4.05. The summed E-state index contributed by atoms with van der Waals surface area (Å²) in [5, 5.41) is 0. The van der Waals surface area contributed by atoms with Gasteiger partial charge in [-0.2, -0.15) is 0 Å². The quantitative estimate of drug-likeness (QED) is 0.733. The van der Waals surface area contributed by atoms with Gasteiger partial charge in [-0.15, -0.1) is 0 Å². The Labute approximate surface area is 98.3 Å². The zero-order valence-corrected chi connectivity index (χ0v) is 10.5. The minimum Gasteiger partial charge on any atom is -0.375 e. The summed E-state index contributed by atoms with van der Waals surface area (Å²) in [4.78, 5) is 13.0. The largest absolute Gasteiger partial charge is 0.375 e. The van der Waals surface area contributed by atoms with Crippen LogP contribution in [0.25, 0.3) is 0 Å². The summed E-state index contributed by atoms with van der Waals surface area (Å²) < 4.78 is 0. The predicted molar refractivity (Wildman–Crippen MR) is 69.0 cm³/mol. The summed E-state index contributed by atoms with van der Waals surface area (Å²) in [6, 6.07) is 8.62. The van der Waals surface area contributed by atoms with Crippen LogP contribution in [0.4, 0.5) is 5.69 Å². The van der Waals surface area contributed by atoms with Crippen LogP contribution in [0.3, 0.4) is 0 Å². The van der Waals surface area contributed by atoms with Gasteiger partial charge >= 0.3 is 0 Å². The average molecular weight is 219 g/mol. The molecule has 0 aliphatic rings. The van der Waals surface area contributed by atoms with Crippen molar-refractivity contribution in [3.05, 3.63) is 29.8 Å². The van der Waals surface area contributed by atoms with Gasteiger partial charge in [-0.05, 0) is 37.5 Å². The molecule has 0 aliphatic carbocycles. The number of hydrogen-bond acceptors (Lipinski definition) is 2. The standard InChI is InChI=1S/C14H21NO/c1-4-13-7-9-14(10-8-13)15(3)11-5-6-12(2)16/h7-10H,4-6,11H2,1-3H3. The molecule has 1 aromatic carbocycles. The number of carbonyl (C=O) groups excluding carboxylic acids is 1.